The fourth-order valence-corrected chi connectivity index (χ4v) is 4.74. The fraction of sp³-hybridized carbons (Fsp3) is 0.250. The van der Waals surface area contributed by atoms with E-state index in [4.69, 9.17) is 0 Å². The minimum Gasteiger partial charge on any atom is -0.343 e. The molecule has 4 aromatic rings. The maximum absolute atomic E-state index is 13.0. The van der Waals surface area contributed by atoms with Crippen LogP contribution in [-0.4, -0.2) is 32.4 Å². The van der Waals surface area contributed by atoms with Gasteiger partial charge in [0.05, 0.1) is 24.2 Å². The number of aryl methyl sites for hydroxylation is 1. The maximum Gasteiger partial charge on any atom is 0.268 e. The van der Waals surface area contributed by atoms with E-state index in [0.717, 1.165) is 17.9 Å². The van der Waals surface area contributed by atoms with E-state index in [1.54, 1.807) is 23.3 Å². The van der Waals surface area contributed by atoms with Gasteiger partial charge in [-0.25, -0.2) is 4.98 Å². The fourth-order valence-electron chi connectivity index (χ4n) is 3.32. The summed E-state index contributed by atoms with van der Waals surface area (Å²) in [6.45, 7) is 4.99. The SMILES string of the molecule is Cc1cc(C(=O)N(C)Cc2nc3ccsc3c(=O)[nH]2)c(C)n1Cc1cccs1. The number of nitrogens with one attached hydrogen (secondary N) is 1. The minimum absolute atomic E-state index is 0.0846. The monoisotopic (exact) mass is 412 g/mol. The number of aromatic amines is 1. The number of fused-ring (bicyclic) bond motifs is 1. The third-order valence-corrected chi connectivity index (χ3v) is 6.56. The van der Waals surface area contributed by atoms with Crippen molar-refractivity contribution in [3.8, 4) is 0 Å². The van der Waals surface area contributed by atoms with Crippen LogP contribution in [0.2, 0.25) is 0 Å². The molecule has 0 atom stereocenters. The number of hydrogen-bond donors (Lipinski definition) is 1. The number of amides is 1. The molecule has 0 unspecified atom stereocenters. The maximum atomic E-state index is 13.0. The third kappa shape index (κ3) is 3.41. The third-order valence-electron chi connectivity index (χ3n) is 4.80. The molecule has 0 saturated carbocycles. The first kappa shape index (κ1) is 18.6. The minimum atomic E-state index is -0.162. The summed E-state index contributed by atoms with van der Waals surface area (Å²) in [6.07, 6.45) is 0. The molecule has 8 heteroatoms. The molecular formula is C20H20N4O2S2. The molecule has 0 radical (unpaired) electrons. The highest BCUT2D eigenvalue weighted by atomic mass is 32.1. The van der Waals surface area contributed by atoms with E-state index in [9.17, 15) is 9.59 Å². The molecule has 1 amide bonds. The van der Waals surface area contributed by atoms with Gasteiger partial charge in [0.15, 0.2) is 0 Å². The van der Waals surface area contributed by atoms with Gasteiger partial charge in [-0.05, 0) is 42.8 Å². The second kappa shape index (κ2) is 7.37. The predicted molar refractivity (Wildman–Crippen MR) is 113 cm³/mol. The first-order valence-corrected chi connectivity index (χ1v) is 10.6. The van der Waals surface area contributed by atoms with Gasteiger partial charge in [0.1, 0.15) is 10.5 Å². The summed E-state index contributed by atoms with van der Waals surface area (Å²) in [5, 5.41) is 3.90. The van der Waals surface area contributed by atoms with Gasteiger partial charge in [0.2, 0.25) is 0 Å². The molecule has 4 heterocycles. The topological polar surface area (TPSA) is 71.0 Å². The molecule has 0 bridgehead atoms. The number of aromatic nitrogens is 3. The molecule has 1 N–H and O–H groups in total. The van der Waals surface area contributed by atoms with Gasteiger partial charge in [-0.3, -0.25) is 9.59 Å². The molecular weight excluding hydrogens is 392 g/mol. The van der Waals surface area contributed by atoms with Gasteiger partial charge in [-0.2, -0.15) is 0 Å². The van der Waals surface area contributed by atoms with Crippen LogP contribution in [0.3, 0.4) is 0 Å². The van der Waals surface area contributed by atoms with Crippen molar-refractivity contribution in [3.63, 3.8) is 0 Å². The van der Waals surface area contributed by atoms with E-state index in [-0.39, 0.29) is 18.0 Å². The lowest BCUT2D eigenvalue weighted by atomic mass is 10.2. The molecule has 4 aromatic heterocycles. The van der Waals surface area contributed by atoms with Crippen LogP contribution < -0.4 is 5.56 Å². The Kier molecular flexibility index (Phi) is 4.91. The Bertz CT molecular complexity index is 1200. The quantitative estimate of drug-likeness (QED) is 0.542. The van der Waals surface area contributed by atoms with Crippen molar-refractivity contribution in [1.29, 1.82) is 0 Å². The number of nitrogens with zero attached hydrogens (tertiary/aromatic N) is 3. The van der Waals surface area contributed by atoms with Crippen LogP contribution in [0.15, 0.2) is 39.8 Å². The van der Waals surface area contributed by atoms with Gasteiger partial charge >= 0.3 is 0 Å². The molecule has 144 valence electrons. The van der Waals surface area contributed by atoms with Crippen molar-refractivity contribution in [2.24, 2.45) is 0 Å². The molecule has 0 spiro atoms. The molecule has 0 fully saturated rings. The molecule has 0 aliphatic carbocycles. The van der Waals surface area contributed by atoms with Crippen LogP contribution in [0.5, 0.6) is 0 Å². The molecule has 0 aliphatic heterocycles. The molecule has 28 heavy (non-hydrogen) atoms. The van der Waals surface area contributed by atoms with Crippen molar-refractivity contribution in [3.05, 3.63) is 73.0 Å². The first-order valence-electron chi connectivity index (χ1n) is 8.85. The molecule has 0 saturated heterocycles. The second-order valence-corrected chi connectivity index (χ2v) is 8.71. The Morgan fingerprint density at radius 1 is 1.25 bits per heavy atom. The number of thiophene rings is 2. The van der Waals surface area contributed by atoms with Crippen molar-refractivity contribution in [2.45, 2.75) is 26.9 Å². The van der Waals surface area contributed by atoms with Crippen molar-refractivity contribution in [1.82, 2.24) is 19.4 Å². The lowest BCUT2D eigenvalue weighted by molar-refractivity contribution is 0.0780. The zero-order valence-corrected chi connectivity index (χ0v) is 17.5. The summed E-state index contributed by atoms with van der Waals surface area (Å²) in [5.41, 5.74) is 3.17. The second-order valence-electron chi connectivity index (χ2n) is 6.76. The van der Waals surface area contributed by atoms with Crippen molar-refractivity contribution < 1.29 is 4.79 Å². The largest absolute Gasteiger partial charge is 0.343 e. The average Bonchev–Trinajstić information content (AvgIpc) is 3.39. The summed E-state index contributed by atoms with van der Waals surface area (Å²) in [6, 6.07) is 7.88. The summed E-state index contributed by atoms with van der Waals surface area (Å²) in [5.74, 6) is 0.401. The zero-order valence-electron chi connectivity index (χ0n) is 15.9. The van der Waals surface area contributed by atoms with Crippen LogP contribution in [0.1, 0.15) is 32.4 Å². The normalized spacial score (nSPS) is 11.2. The van der Waals surface area contributed by atoms with Crippen LogP contribution in [0, 0.1) is 13.8 Å². The van der Waals surface area contributed by atoms with E-state index in [2.05, 4.69) is 26.0 Å². The van der Waals surface area contributed by atoms with Crippen LogP contribution in [-0.2, 0) is 13.1 Å². The summed E-state index contributed by atoms with van der Waals surface area (Å²) >= 11 is 3.07. The number of carbonyl (C=O) groups is 1. The van der Waals surface area contributed by atoms with Gasteiger partial charge in [-0.1, -0.05) is 6.07 Å². The summed E-state index contributed by atoms with van der Waals surface area (Å²) in [4.78, 5) is 35.3. The lowest BCUT2D eigenvalue weighted by Gasteiger charge is -2.17. The molecule has 0 aromatic carbocycles. The average molecular weight is 413 g/mol. The van der Waals surface area contributed by atoms with Gasteiger partial charge < -0.3 is 14.5 Å². The van der Waals surface area contributed by atoms with Crippen LogP contribution in [0.25, 0.3) is 10.2 Å². The Balaban J connectivity index is 1.57. The number of rotatable bonds is 5. The Labute approximate surface area is 170 Å². The highest BCUT2D eigenvalue weighted by Gasteiger charge is 2.20. The highest BCUT2D eigenvalue weighted by Crippen LogP contribution is 2.21. The Morgan fingerprint density at radius 3 is 2.82 bits per heavy atom. The zero-order chi connectivity index (χ0) is 19.8. The molecule has 0 aliphatic rings. The Morgan fingerprint density at radius 2 is 2.07 bits per heavy atom. The smallest absolute Gasteiger partial charge is 0.268 e. The van der Waals surface area contributed by atoms with E-state index in [0.29, 0.717) is 21.6 Å². The standard InChI is InChI=1S/C20H20N4O2S2/c1-12-9-15(13(2)24(12)10-14-5-4-7-27-14)20(26)23(3)11-17-21-16-6-8-28-18(16)19(25)22-17/h4-9H,10-11H2,1-3H3,(H,21,22,25). The lowest BCUT2D eigenvalue weighted by Crippen LogP contribution is -2.28. The van der Waals surface area contributed by atoms with Crippen LogP contribution in [0.4, 0.5) is 0 Å². The summed E-state index contributed by atoms with van der Waals surface area (Å²) < 4.78 is 2.76. The molecule has 4 rings (SSSR count). The van der Waals surface area contributed by atoms with E-state index < -0.39 is 0 Å². The van der Waals surface area contributed by atoms with Crippen LogP contribution >= 0.6 is 22.7 Å². The van der Waals surface area contributed by atoms with E-state index in [1.807, 2.05) is 37.4 Å². The van der Waals surface area contributed by atoms with Gasteiger partial charge in [-0.15, -0.1) is 22.7 Å². The molecule has 6 nitrogen and oxygen atoms in total. The van der Waals surface area contributed by atoms with Crippen molar-refractivity contribution >= 4 is 38.8 Å². The Hall–Kier alpha value is -2.71. The number of hydrogen-bond acceptors (Lipinski definition) is 5. The van der Waals surface area contributed by atoms with E-state index >= 15 is 0 Å². The van der Waals surface area contributed by atoms with E-state index in [1.165, 1.54) is 16.2 Å². The number of carbonyl (C=O) groups excluding carboxylic acids is 1. The van der Waals surface area contributed by atoms with Gasteiger partial charge in [0, 0.05) is 23.3 Å². The highest BCUT2D eigenvalue weighted by molar-refractivity contribution is 7.17. The van der Waals surface area contributed by atoms with Crippen molar-refractivity contribution in [2.75, 3.05) is 7.05 Å². The number of H-pyrrole nitrogens is 1. The summed E-state index contributed by atoms with van der Waals surface area (Å²) in [7, 11) is 1.73. The predicted octanol–water partition coefficient (Wildman–Crippen LogP) is 3.78. The first-order chi connectivity index (χ1) is 13.4. The van der Waals surface area contributed by atoms with Gasteiger partial charge in [0.25, 0.3) is 11.5 Å².